The van der Waals surface area contributed by atoms with Gasteiger partial charge in [0.1, 0.15) is 5.75 Å². The number of rotatable bonds is 5. The van der Waals surface area contributed by atoms with E-state index in [1.54, 1.807) is 46.2 Å². The number of halogens is 4. The number of carbonyl (C=O) groups is 1. The molecule has 2 aliphatic rings. The largest absolute Gasteiger partial charge is 0.435 e. The van der Waals surface area contributed by atoms with Crippen molar-refractivity contribution >= 4 is 40.6 Å². The number of alkyl halides is 2. The third-order valence-electron chi connectivity index (χ3n) is 6.44. The number of benzene rings is 3. The van der Waals surface area contributed by atoms with Crippen LogP contribution in [-0.2, 0) is 5.54 Å². The van der Waals surface area contributed by atoms with Crippen LogP contribution in [0, 0.1) is 0 Å². The third kappa shape index (κ3) is 3.71. The Labute approximate surface area is 200 Å². The molecule has 33 heavy (non-hydrogen) atoms. The van der Waals surface area contributed by atoms with E-state index in [1.165, 1.54) is 6.07 Å². The number of anilines is 2. The Morgan fingerprint density at radius 3 is 2.21 bits per heavy atom. The standard InChI is InChI=1S/C25H20Cl2F2N2O2/c26-17-6-10-19(11-7-17)30-22-5-2-14-25(22,16-3-1-4-21(15-16)33-23(28)29)31(24(30)32)20-12-8-18(27)9-13-20/h1,3-4,6-13,15,22-23H,2,5,14H2. The van der Waals surface area contributed by atoms with Crippen LogP contribution in [0.25, 0.3) is 0 Å². The van der Waals surface area contributed by atoms with Crippen LogP contribution < -0.4 is 14.5 Å². The van der Waals surface area contributed by atoms with Crippen molar-refractivity contribution in [2.45, 2.75) is 37.5 Å². The molecule has 0 spiro atoms. The van der Waals surface area contributed by atoms with Gasteiger partial charge < -0.3 is 4.74 Å². The predicted octanol–water partition coefficient (Wildman–Crippen LogP) is 7.49. The average Bonchev–Trinajstić information content (AvgIpc) is 3.31. The molecular formula is C25H20Cl2F2N2O2. The van der Waals surface area contributed by atoms with E-state index in [-0.39, 0.29) is 17.8 Å². The van der Waals surface area contributed by atoms with E-state index < -0.39 is 12.2 Å². The maximum atomic E-state index is 14.0. The highest BCUT2D eigenvalue weighted by Crippen LogP contribution is 2.54. The molecule has 1 saturated carbocycles. The Morgan fingerprint density at radius 2 is 1.58 bits per heavy atom. The van der Waals surface area contributed by atoms with Crippen LogP contribution >= 0.6 is 23.2 Å². The Kier molecular flexibility index (Phi) is 5.67. The van der Waals surface area contributed by atoms with E-state index in [2.05, 4.69) is 4.74 Å². The molecule has 1 saturated heterocycles. The second-order valence-electron chi connectivity index (χ2n) is 8.18. The van der Waals surface area contributed by atoms with Crippen molar-refractivity contribution in [3.63, 3.8) is 0 Å². The SMILES string of the molecule is O=C1N(c2ccc(Cl)cc2)C2CCCC2(c2cccc(OC(F)F)c2)N1c1ccc(Cl)cc1. The number of amides is 2. The van der Waals surface area contributed by atoms with Gasteiger partial charge in [0.2, 0.25) is 0 Å². The monoisotopic (exact) mass is 488 g/mol. The summed E-state index contributed by atoms with van der Waals surface area (Å²) < 4.78 is 30.6. The fourth-order valence-corrected chi connectivity index (χ4v) is 5.47. The summed E-state index contributed by atoms with van der Waals surface area (Å²) in [6, 6.07) is 20.5. The molecule has 0 radical (unpaired) electrons. The molecule has 5 rings (SSSR count). The molecule has 1 heterocycles. The van der Waals surface area contributed by atoms with Gasteiger partial charge in [0, 0.05) is 21.4 Å². The lowest BCUT2D eigenvalue weighted by Gasteiger charge is -2.38. The first-order valence-corrected chi connectivity index (χ1v) is 11.4. The van der Waals surface area contributed by atoms with Crippen LogP contribution in [0.1, 0.15) is 24.8 Å². The number of hydrogen-bond acceptors (Lipinski definition) is 2. The van der Waals surface area contributed by atoms with Gasteiger partial charge in [-0.1, -0.05) is 35.3 Å². The van der Waals surface area contributed by atoms with Gasteiger partial charge in [0.05, 0.1) is 11.6 Å². The smallest absolute Gasteiger partial charge is 0.387 e. The highest BCUT2D eigenvalue weighted by molar-refractivity contribution is 6.31. The molecule has 0 aromatic heterocycles. The lowest BCUT2D eigenvalue weighted by molar-refractivity contribution is -0.0499. The van der Waals surface area contributed by atoms with Gasteiger partial charge in [-0.15, -0.1) is 0 Å². The summed E-state index contributed by atoms with van der Waals surface area (Å²) in [6.45, 7) is -2.93. The van der Waals surface area contributed by atoms with Crippen LogP contribution in [0.15, 0.2) is 72.8 Å². The Morgan fingerprint density at radius 1 is 0.939 bits per heavy atom. The van der Waals surface area contributed by atoms with E-state index in [0.717, 1.165) is 24.1 Å². The van der Waals surface area contributed by atoms with E-state index >= 15 is 0 Å². The summed E-state index contributed by atoms with van der Waals surface area (Å²) in [7, 11) is 0. The summed E-state index contributed by atoms with van der Waals surface area (Å²) in [5.41, 5.74) is 1.42. The molecular weight excluding hydrogens is 469 g/mol. The maximum absolute atomic E-state index is 14.0. The first-order chi connectivity index (χ1) is 15.9. The molecule has 0 N–H and O–H groups in total. The number of nitrogens with zero attached hydrogens (tertiary/aromatic N) is 2. The lowest BCUT2D eigenvalue weighted by Crippen LogP contribution is -2.46. The Balaban J connectivity index is 1.69. The summed E-state index contributed by atoms with van der Waals surface area (Å²) in [4.78, 5) is 17.5. The number of urea groups is 1. The molecule has 2 fully saturated rings. The maximum Gasteiger partial charge on any atom is 0.387 e. The van der Waals surface area contributed by atoms with Crippen molar-refractivity contribution in [2.24, 2.45) is 0 Å². The third-order valence-corrected chi connectivity index (χ3v) is 6.95. The topological polar surface area (TPSA) is 32.8 Å². The fourth-order valence-electron chi connectivity index (χ4n) is 5.22. The molecule has 2 atom stereocenters. The number of hydrogen-bond donors (Lipinski definition) is 0. The molecule has 3 aromatic carbocycles. The summed E-state index contributed by atoms with van der Waals surface area (Å²) in [5, 5.41) is 1.14. The minimum atomic E-state index is -2.93. The molecule has 2 unspecified atom stereocenters. The van der Waals surface area contributed by atoms with Gasteiger partial charge in [0.25, 0.3) is 0 Å². The van der Waals surface area contributed by atoms with Crippen molar-refractivity contribution < 1.29 is 18.3 Å². The number of fused-ring (bicyclic) bond motifs is 1. The zero-order valence-corrected chi connectivity index (χ0v) is 18.9. The molecule has 3 aromatic rings. The highest BCUT2D eigenvalue weighted by atomic mass is 35.5. The van der Waals surface area contributed by atoms with Gasteiger partial charge in [-0.05, 0) is 85.5 Å². The van der Waals surface area contributed by atoms with Gasteiger partial charge >= 0.3 is 12.6 Å². The number of carbonyl (C=O) groups excluding carboxylic acids is 1. The minimum Gasteiger partial charge on any atom is -0.435 e. The van der Waals surface area contributed by atoms with E-state index in [9.17, 15) is 13.6 Å². The zero-order chi connectivity index (χ0) is 23.2. The minimum absolute atomic E-state index is 0.0657. The van der Waals surface area contributed by atoms with Crippen LogP contribution in [0.2, 0.25) is 10.0 Å². The summed E-state index contributed by atoms with van der Waals surface area (Å²) in [6.07, 6.45) is 2.30. The second kappa shape index (κ2) is 8.50. The lowest BCUT2D eigenvalue weighted by atomic mass is 9.83. The Bertz CT molecular complexity index is 1170. The van der Waals surface area contributed by atoms with Gasteiger partial charge in [-0.2, -0.15) is 8.78 Å². The van der Waals surface area contributed by atoms with Crippen LogP contribution in [0.5, 0.6) is 5.75 Å². The Hall–Kier alpha value is -2.83. The van der Waals surface area contributed by atoms with Crippen molar-refractivity contribution in [1.29, 1.82) is 0 Å². The van der Waals surface area contributed by atoms with E-state index in [4.69, 9.17) is 23.2 Å². The first kappa shape index (κ1) is 22.0. The van der Waals surface area contributed by atoms with Crippen molar-refractivity contribution in [3.8, 4) is 5.75 Å². The van der Waals surface area contributed by atoms with E-state index in [0.29, 0.717) is 22.2 Å². The van der Waals surface area contributed by atoms with Gasteiger partial charge in [-0.3, -0.25) is 9.80 Å². The summed E-state index contributed by atoms with van der Waals surface area (Å²) >= 11 is 12.2. The fraction of sp³-hybridized carbons (Fsp3) is 0.240. The average molecular weight is 489 g/mol. The normalized spacial score (nSPS) is 22.2. The van der Waals surface area contributed by atoms with Crippen molar-refractivity contribution in [1.82, 2.24) is 0 Å². The van der Waals surface area contributed by atoms with E-state index in [1.807, 2.05) is 30.3 Å². The molecule has 4 nitrogen and oxygen atoms in total. The molecule has 2 amide bonds. The van der Waals surface area contributed by atoms with Gasteiger partial charge in [-0.25, -0.2) is 4.79 Å². The van der Waals surface area contributed by atoms with Crippen molar-refractivity contribution in [2.75, 3.05) is 9.80 Å². The van der Waals surface area contributed by atoms with Crippen LogP contribution in [0.4, 0.5) is 25.0 Å². The molecule has 1 aliphatic heterocycles. The molecule has 0 bridgehead atoms. The van der Waals surface area contributed by atoms with Crippen molar-refractivity contribution in [3.05, 3.63) is 88.4 Å². The first-order valence-electron chi connectivity index (χ1n) is 10.6. The molecule has 170 valence electrons. The highest BCUT2D eigenvalue weighted by Gasteiger charge is 2.61. The van der Waals surface area contributed by atoms with Crippen LogP contribution in [0.3, 0.4) is 0 Å². The predicted molar refractivity (Wildman–Crippen MR) is 126 cm³/mol. The second-order valence-corrected chi connectivity index (χ2v) is 9.05. The van der Waals surface area contributed by atoms with Gasteiger partial charge in [0.15, 0.2) is 0 Å². The summed E-state index contributed by atoms with van der Waals surface area (Å²) in [5.74, 6) is 0.0657. The molecule has 8 heteroatoms. The van der Waals surface area contributed by atoms with Crippen LogP contribution in [-0.4, -0.2) is 18.7 Å². The molecule has 1 aliphatic carbocycles. The zero-order valence-electron chi connectivity index (χ0n) is 17.4. The quantitative estimate of drug-likeness (QED) is 0.372. The number of ether oxygens (including phenoxy) is 1.